The molecule has 0 unspecified atom stereocenters. The fraction of sp³-hybridized carbons (Fsp3) is 0.667. The number of aryl methyl sites for hydroxylation is 1. The van der Waals surface area contributed by atoms with Crippen LogP contribution in [-0.4, -0.2) is 9.97 Å². The number of nitrogens with zero attached hydrogens (tertiary/aromatic N) is 1. The van der Waals surface area contributed by atoms with E-state index in [1.54, 1.807) is 6.07 Å². The molecule has 1 N–H and O–H groups in total. The van der Waals surface area contributed by atoms with Gasteiger partial charge in [-0.3, -0.25) is 4.79 Å². The monoisotopic (exact) mass is 210 g/mol. The molecule has 0 aliphatic heterocycles. The second-order valence-corrected chi connectivity index (χ2v) is 4.18. The Balaban J connectivity index is 0.000000921. The molecule has 0 radical (unpaired) electrons. The number of nitrogens with one attached hydrogen (secondary N) is 1. The largest absolute Gasteiger partial charge is 0.311 e. The molecular weight excluding hydrogens is 188 g/mol. The molecule has 0 atom stereocenters. The van der Waals surface area contributed by atoms with Crippen LogP contribution in [0.5, 0.6) is 0 Å². The van der Waals surface area contributed by atoms with Crippen molar-refractivity contribution in [3.8, 4) is 0 Å². The van der Waals surface area contributed by atoms with E-state index >= 15 is 0 Å². The summed E-state index contributed by atoms with van der Waals surface area (Å²) in [5.41, 5.74) is 0.739. The molecular formula is C12H22N2O. The lowest BCUT2D eigenvalue weighted by molar-refractivity contribution is 0.561. The summed E-state index contributed by atoms with van der Waals surface area (Å²) < 4.78 is 0. The molecule has 15 heavy (non-hydrogen) atoms. The lowest BCUT2D eigenvalue weighted by Gasteiger charge is -2.17. The molecule has 0 spiro atoms. The molecule has 0 aromatic carbocycles. The van der Waals surface area contributed by atoms with E-state index in [0.29, 0.717) is 0 Å². The molecule has 1 heterocycles. The van der Waals surface area contributed by atoms with Crippen LogP contribution in [0.3, 0.4) is 0 Å². The van der Waals surface area contributed by atoms with Crippen LogP contribution in [0.2, 0.25) is 0 Å². The van der Waals surface area contributed by atoms with Gasteiger partial charge in [0.1, 0.15) is 5.82 Å². The number of hydrogen-bond donors (Lipinski definition) is 1. The SMILES string of the molecule is CC.CCc1nc(C(C)(C)C)cc(=O)[nH]1. The Hall–Kier alpha value is -1.12. The third-order valence-electron chi connectivity index (χ3n) is 1.89. The van der Waals surface area contributed by atoms with Gasteiger partial charge in [-0.1, -0.05) is 41.5 Å². The Morgan fingerprint density at radius 1 is 1.33 bits per heavy atom. The lowest BCUT2D eigenvalue weighted by atomic mass is 9.92. The van der Waals surface area contributed by atoms with Crippen LogP contribution in [0.25, 0.3) is 0 Å². The zero-order chi connectivity index (χ0) is 12.1. The minimum atomic E-state index is -0.0585. The van der Waals surface area contributed by atoms with E-state index in [1.807, 2.05) is 41.5 Å². The maximum Gasteiger partial charge on any atom is 0.251 e. The smallest absolute Gasteiger partial charge is 0.251 e. The highest BCUT2D eigenvalue weighted by atomic mass is 16.1. The van der Waals surface area contributed by atoms with E-state index in [0.717, 1.165) is 17.9 Å². The molecule has 1 rings (SSSR count). The number of aromatic amines is 1. The van der Waals surface area contributed by atoms with Gasteiger partial charge in [-0.05, 0) is 0 Å². The topological polar surface area (TPSA) is 45.8 Å². The van der Waals surface area contributed by atoms with Gasteiger partial charge < -0.3 is 4.98 Å². The van der Waals surface area contributed by atoms with E-state index in [9.17, 15) is 4.79 Å². The number of H-pyrrole nitrogens is 1. The Bertz CT molecular complexity index is 347. The number of hydrogen-bond acceptors (Lipinski definition) is 2. The predicted molar refractivity (Wildman–Crippen MR) is 64.3 cm³/mol. The van der Waals surface area contributed by atoms with Crippen molar-refractivity contribution in [1.82, 2.24) is 9.97 Å². The van der Waals surface area contributed by atoms with Gasteiger partial charge in [-0.15, -0.1) is 0 Å². The minimum Gasteiger partial charge on any atom is -0.311 e. The van der Waals surface area contributed by atoms with Gasteiger partial charge in [0, 0.05) is 17.9 Å². The van der Waals surface area contributed by atoms with Crippen LogP contribution >= 0.6 is 0 Å². The van der Waals surface area contributed by atoms with Crippen LogP contribution < -0.4 is 5.56 Å². The van der Waals surface area contributed by atoms with Gasteiger partial charge >= 0.3 is 0 Å². The summed E-state index contributed by atoms with van der Waals surface area (Å²) >= 11 is 0. The summed E-state index contributed by atoms with van der Waals surface area (Å²) in [6, 6.07) is 1.57. The molecule has 0 aliphatic rings. The predicted octanol–water partition coefficient (Wildman–Crippen LogP) is 2.66. The first kappa shape index (κ1) is 13.9. The Morgan fingerprint density at radius 3 is 2.27 bits per heavy atom. The lowest BCUT2D eigenvalue weighted by Crippen LogP contribution is -2.20. The molecule has 86 valence electrons. The Labute approximate surface area is 92.0 Å². The average molecular weight is 210 g/mol. The summed E-state index contributed by atoms with van der Waals surface area (Å²) in [5.74, 6) is 0.762. The van der Waals surface area contributed by atoms with Crippen molar-refractivity contribution in [2.75, 3.05) is 0 Å². The van der Waals surface area contributed by atoms with E-state index in [4.69, 9.17) is 0 Å². The first-order chi connectivity index (χ1) is 6.93. The highest BCUT2D eigenvalue weighted by molar-refractivity contribution is 5.12. The van der Waals surface area contributed by atoms with Crippen LogP contribution in [0.15, 0.2) is 10.9 Å². The quantitative estimate of drug-likeness (QED) is 0.774. The zero-order valence-electron chi connectivity index (χ0n) is 10.6. The molecule has 0 aliphatic carbocycles. The maximum absolute atomic E-state index is 11.2. The van der Waals surface area contributed by atoms with E-state index < -0.39 is 0 Å². The third kappa shape index (κ3) is 4.28. The fourth-order valence-electron chi connectivity index (χ4n) is 1.06. The van der Waals surface area contributed by atoms with E-state index in [2.05, 4.69) is 9.97 Å². The van der Waals surface area contributed by atoms with Gasteiger partial charge in [0.25, 0.3) is 5.56 Å². The average Bonchev–Trinajstić information content (AvgIpc) is 2.18. The van der Waals surface area contributed by atoms with Crippen molar-refractivity contribution in [2.45, 2.75) is 53.4 Å². The highest BCUT2D eigenvalue weighted by Crippen LogP contribution is 2.17. The first-order valence-electron chi connectivity index (χ1n) is 5.54. The Morgan fingerprint density at radius 2 is 1.87 bits per heavy atom. The van der Waals surface area contributed by atoms with Crippen LogP contribution in [-0.2, 0) is 11.8 Å². The molecule has 3 nitrogen and oxygen atoms in total. The van der Waals surface area contributed by atoms with Crippen LogP contribution in [0, 0.1) is 0 Å². The molecule has 0 bridgehead atoms. The second-order valence-electron chi connectivity index (χ2n) is 4.18. The van der Waals surface area contributed by atoms with Gasteiger partial charge in [0.2, 0.25) is 0 Å². The van der Waals surface area contributed by atoms with Crippen molar-refractivity contribution >= 4 is 0 Å². The summed E-state index contributed by atoms with van der Waals surface area (Å²) in [7, 11) is 0. The van der Waals surface area contributed by atoms with Crippen LogP contribution in [0.4, 0.5) is 0 Å². The minimum absolute atomic E-state index is 0.0574. The summed E-state index contributed by atoms with van der Waals surface area (Å²) in [5, 5.41) is 0. The van der Waals surface area contributed by atoms with Crippen molar-refractivity contribution in [3.05, 3.63) is 27.9 Å². The number of aromatic nitrogens is 2. The summed E-state index contributed by atoms with van der Waals surface area (Å²) in [6.45, 7) is 12.1. The summed E-state index contributed by atoms with van der Waals surface area (Å²) in [4.78, 5) is 18.3. The standard InChI is InChI=1S/C10H16N2O.C2H6/c1-5-8-11-7(10(2,3)4)6-9(13)12-8;1-2/h6H,5H2,1-4H3,(H,11,12,13);1-2H3. The zero-order valence-corrected chi connectivity index (χ0v) is 10.6. The van der Waals surface area contributed by atoms with E-state index in [-0.39, 0.29) is 11.0 Å². The molecule has 0 amide bonds. The van der Waals surface area contributed by atoms with Crippen molar-refractivity contribution < 1.29 is 0 Å². The van der Waals surface area contributed by atoms with Crippen LogP contribution in [0.1, 0.15) is 53.1 Å². The molecule has 0 saturated carbocycles. The normalized spacial score (nSPS) is 10.5. The van der Waals surface area contributed by atoms with Gasteiger partial charge in [-0.25, -0.2) is 4.98 Å². The fourth-order valence-corrected chi connectivity index (χ4v) is 1.06. The third-order valence-corrected chi connectivity index (χ3v) is 1.89. The van der Waals surface area contributed by atoms with Gasteiger partial charge in [-0.2, -0.15) is 0 Å². The molecule has 1 aromatic rings. The van der Waals surface area contributed by atoms with Crippen molar-refractivity contribution in [1.29, 1.82) is 0 Å². The Kier molecular flexibility index (Phi) is 5.26. The summed E-state index contributed by atoms with van der Waals surface area (Å²) in [6.07, 6.45) is 0.763. The first-order valence-corrected chi connectivity index (χ1v) is 5.54. The van der Waals surface area contributed by atoms with Gasteiger partial charge in [0.05, 0.1) is 5.69 Å². The molecule has 0 saturated heterocycles. The number of rotatable bonds is 1. The van der Waals surface area contributed by atoms with E-state index in [1.165, 1.54) is 0 Å². The second kappa shape index (κ2) is 5.69. The highest BCUT2D eigenvalue weighted by Gasteiger charge is 2.16. The van der Waals surface area contributed by atoms with Gasteiger partial charge in [0.15, 0.2) is 0 Å². The molecule has 3 heteroatoms. The maximum atomic E-state index is 11.2. The van der Waals surface area contributed by atoms with Crippen molar-refractivity contribution in [2.24, 2.45) is 0 Å². The molecule has 0 fully saturated rings. The molecule has 1 aromatic heterocycles. The van der Waals surface area contributed by atoms with Crippen molar-refractivity contribution in [3.63, 3.8) is 0 Å².